The number of alkyl halides is 3. The molecule has 24 heavy (non-hydrogen) atoms. The first-order valence-corrected chi connectivity index (χ1v) is 8.67. The summed E-state index contributed by atoms with van der Waals surface area (Å²) in [6, 6.07) is 10.5. The molecule has 2 heterocycles. The van der Waals surface area contributed by atoms with Crippen LogP contribution in [0.4, 0.5) is 24.0 Å². The van der Waals surface area contributed by atoms with Gasteiger partial charge in [0.05, 0.1) is 5.69 Å². The molecule has 0 unspecified atom stereocenters. The van der Waals surface area contributed by atoms with E-state index >= 15 is 0 Å². The number of rotatable bonds is 5. The molecule has 0 bridgehead atoms. The van der Waals surface area contributed by atoms with Gasteiger partial charge >= 0.3 is 6.18 Å². The Morgan fingerprint density at radius 3 is 2.62 bits per heavy atom. The molecule has 0 radical (unpaired) electrons. The van der Waals surface area contributed by atoms with Crippen molar-refractivity contribution < 1.29 is 13.2 Å². The van der Waals surface area contributed by atoms with Crippen molar-refractivity contribution in [2.24, 2.45) is 0 Å². The number of anilines is 2. The normalized spacial score (nSPS) is 11.5. The van der Waals surface area contributed by atoms with Crippen molar-refractivity contribution in [1.82, 2.24) is 15.0 Å². The van der Waals surface area contributed by atoms with Crippen LogP contribution >= 0.6 is 23.1 Å². The van der Waals surface area contributed by atoms with Gasteiger partial charge in [0.25, 0.3) is 0 Å². The smallest absolute Gasteiger partial charge is 0.332 e. The first-order valence-electron chi connectivity index (χ1n) is 6.80. The summed E-state index contributed by atoms with van der Waals surface area (Å²) >= 11 is 2.55. The number of aromatic nitrogens is 3. The molecule has 4 nitrogen and oxygen atoms in total. The van der Waals surface area contributed by atoms with E-state index in [4.69, 9.17) is 0 Å². The third-order valence-corrected chi connectivity index (χ3v) is 4.55. The quantitative estimate of drug-likeness (QED) is 0.508. The van der Waals surface area contributed by atoms with Crippen LogP contribution in [-0.2, 0) is 11.9 Å². The van der Waals surface area contributed by atoms with E-state index < -0.39 is 11.9 Å². The molecule has 0 atom stereocenters. The molecular formula is C15H11F3N4S2. The van der Waals surface area contributed by atoms with Crippen LogP contribution in [0.5, 0.6) is 0 Å². The van der Waals surface area contributed by atoms with Gasteiger partial charge in [-0.3, -0.25) is 0 Å². The molecule has 1 aromatic carbocycles. The minimum atomic E-state index is -4.47. The largest absolute Gasteiger partial charge is 0.433 e. The van der Waals surface area contributed by atoms with Crippen LogP contribution in [0, 0.1) is 0 Å². The van der Waals surface area contributed by atoms with E-state index in [1.807, 2.05) is 35.7 Å². The Labute approximate surface area is 144 Å². The highest BCUT2D eigenvalue weighted by molar-refractivity contribution is 7.98. The van der Waals surface area contributed by atoms with E-state index in [2.05, 4.69) is 20.3 Å². The van der Waals surface area contributed by atoms with E-state index in [9.17, 15) is 13.2 Å². The predicted octanol–water partition coefficient (Wildman–Crippen LogP) is 4.99. The van der Waals surface area contributed by atoms with Crippen LogP contribution in [0.15, 0.2) is 53.1 Å². The second-order valence-electron chi connectivity index (χ2n) is 4.65. The topological polar surface area (TPSA) is 50.7 Å². The van der Waals surface area contributed by atoms with E-state index in [0.29, 0.717) is 5.75 Å². The number of benzene rings is 1. The number of hydrogen-bond acceptors (Lipinski definition) is 6. The van der Waals surface area contributed by atoms with Gasteiger partial charge in [-0.1, -0.05) is 30.0 Å². The summed E-state index contributed by atoms with van der Waals surface area (Å²) in [7, 11) is 0. The van der Waals surface area contributed by atoms with Gasteiger partial charge in [-0.25, -0.2) is 15.0 Å². The highest BCUT2D eigenvalue weighted by Crippen LogP contribution is 2.29. The van der Waals surface area contributed by atoms with Gasteiger partial charge < -0.3 is 5.32 Å². The van der Waals surface area contributed by atoms with E-state index in [1.54, 1.807) is 0 Å². The van der Waals surface area contributed by atoms with Crippen LogP contribution in [0.2, 0.25) is 0 Å². The summed E-state index contributed by atoms with van der Waals surface area (Å²) in [5.74, 6) is 0.397. The first kappa shape index (κ1) is 16.7. The molecule has 0 fully saturated rings. The minimum Gasteiger partial charge on any atom is -0.332 e. The third-order valence-electron chi connectivity index (χ3n) is 2.85. The number of nitrogens with one attached hydrogen (secondary N) is 1. The zero-order valence-electron chi connectivity index (χ0n) is 12.1. The molecule has 3 rings (SSSR count). The summed E-state index contributed by atoms with van der Waals surface area (Å²) in [5.41, 5.74) is 0.737. The molecule has 0 aliphatic carbocycles. The Kier molecular flexibility index (Phi) is 5.00. The van der Waals surface area contributed by atoms with Crippen molar-refractivity contribution in [3.05, 3.63) is 59.4 Å². The highest BCUT2D eigenvalue weighted by Gasteiger charge is 2.32. The Bertz CT molecular complexity index is 806. The average Bonchev–Trinajstić information content (AvgIpc) is 3.01. The van der Waals surface area contributed by atoms with Gasteiger partial charge in [0.1, 0.15) is 5.69 Å². The Morgan fingerprint density at radius 1 is 1.08 bits per heavy atom. The van der Waals surface area contributed by atoms with Crippen molar-refractivity contribution in [1.29, 1.82) is 0 Å². The van der Waals surface area contributed by atoms with Gasteiger partial charge in [-0.05, 0) is 18.2 Å². The number of halogens is 3. The number of para-hydroxylation sites is 1. The van der Waals surface area contributed by atoms with E-state index in [0.717, 1.165) is 40.5 Å². The van der Waals surface area contributed by atoms with Crippen LogP contribution in [0.25, 0.3) is 0 Å². The summed E-state index contributed by atoms with van der Waals surface area (Å²) in [4.78, 5) is 11.8. The van der Waals surface area contributed by atoms with Crippen molar-refractivity contribution in [2.45, 2.75) is 17.1 Å². The Morgan fingerprint density at radius 2 is 1.88 bits per heavy atom. The molecule has 124 valence electrons. The predicted molar refractivity (Wildman–Crippen MR) is 88.4 cm³/mol. The van der Waals surface area contributed by atoms with Gasteiger partial charge in [-0.2, -0.15) is 13.2 Å². The summed E-state index contributed by atoms with van der Waals surface area (Å²) < 4.78 is 37.9. The summed E-state index contributed by atoms with van der Waals surface area (Å²) in [5, 5.41) is 5.83. The number of thioether (sulfide) groups is 1. The molecule has 2 aromatic heterocycles. The maximum Gasteiger partial charge on any atom is 0.433 e. The second kappa shape index (κ2) is 7.18. The summed E-state index contributed by atoms with van der Waals surface area (Å²) in [6.45, 7) is 0. The van der Waals surface area contributed by atoms with Gasteiger partial charge in [0, 0.05) is 23.0 Å². The Balaban J connectivity index is 1.62. The minimum absolute atomic E-state index is 0.0791. The van der Waals surface area contributed by atoms with Crippen LogP contribution in [0.1, 0.15) is 11.4 Å². The van der Waals surface area contributed by atoms with Crippen molar-refractivity contribution >= 4 is 33.9 Å². The van der Waals surface area contributed by atoms with E-state index in [-0.39, 0.29) is 5.16 Å². The highest BCUT2D eigenvalue weighted by atomic mass is 32.2. The lowest BCUT2D eigenvalue weighted by Crippen LogP contribution is -2.08. The van der Waals surface area contributed by atoms with E-state index in [1.165, 1.54) is 11.3 Å². The molecule has 0 amide bonds. The maximum atomic E-state index is 12.6. The maximum absolute atomic E-state index is 12.6. The molecule has 3 aromatic rings. The summed E-state index contributed by atoms with van der Waals surface area (Å²) in [6.07, 6.45) is -3.35. The standard InChI is InChI=1S/C15H11F3N4S2/c16-15(17,18)12-6-7-19-13(22-12)23-8-11-9-24-14(21-11)20-10-4-2-1-3-5-10/h1-7,9H,8H2,(H,20,21). The first-order chi connectivity index (χ1) is 11.5. The lowest BCUT2D eigenvalue weighted by molar-refractivity contribution is -0.141. The van der Waals surface area contributed by atoms with Gasteiger partial charge in [0.15, 0.2) is 10.3 Å². The lowest BCUT2D eigenvalue weighted by Gasteiger charge is -2.06. The molecule has 9 heteroatoms. The third kappa shape index (κ3) is 4.45. The van der Waals surface area contributed by atoms with Gasteiger partial charge in [-0.15, -0.1) is 11.3 Å². The zero-order valence-corrected chi connectivity index (χ0v) is 13.8. The molecule has 1 N–H and O–H groups in total. The molecule has 0 spiro atoms. The molecule has 0 saturated carbocycles. The van der Waals surface area contributed by atoms with Crippen molar-refractivity contribution in [2.75, 3.05) is 5.32 Å². The lowest BCUT2D eigenvalue weighted by atomic mass is 10.3. The molecular weight excluding hydrogens is 357 g/mol. The molecule has 0 aliphatic rings. The fraction of sp³-hybridized carbons (Fsp3) is 0.133. The van der Waals surface area contributed by atoms with Crippen LogP contribution in [-0.4, -0.2) is 15.0 Å². The SMILES string of the molecule is FC(F)(F)c1ccnc(SCc2csc(Nc3ccccc3)n2)n1. The number of hydrogen-bond donors (Lipinski definition) is 1. The van der Waals surface area contributed by atoms with Crippen LogP contribution < -0.4 is 5.32 Å². The number of nitrogens with zero attached hydrogens (tertiary/aromatic N) is 3. The fourth-order valence-corrected chi connectivity index (χ4v) is 3.34. The number of thiazole rings is 1. The van der Waals surface area contributed by atoms with Crippen molar-refractivity contribution in [3.63, 3.8) is 0 Å². The molecule has 0 saturated heterocycles. The average molecular weight is 368 g/mol. The van der Waals surface area contributed by atoms with Crippen LogP contribution in [0.3, 0.4) is 0 Å². The van der Waals surface area contributed by atoms with Crippen molar-refractivity contribution in [3.8, 4) is 0 Å². The second-order valence-corrected chi connectivity index (χ2v) is 6.45. The fourth-order valence-electron chi connectivity index (χ4n) is 1.78. The molecule has 0 aliphatic heterocycles. The monoisotopic (exact) mass is 368 g/mol. The Hall–Kier alpha value is -2.13. The zero-order chi connectivity index (χ0) is 17.0. The van der Waals surface area contributed by atoms with Gasteiger partial charge in [0.2, 0.25) is 0 Å².